The Hall–Kier alpha value is -2.31. The third-order valence-electron chi connectivity index (χ3n) is 5.61. The highest BCUT2D eigenvalue weighted by atomic mass is 32.2. The van der Waals surface area contributed by atoms with Gasteiger partial charge in [0.2, 0.25) is 5.72 Å². The summed E-state index contributed by atoms with van der Waals surface area (Å²) >= 11 is 0. The van der Waals surface area contributed by atoms with Crippen molar-refractivity contribution in [2.24, 2.45) is 0 Å². The van der Waals surface area contributed by atoms with Crippen LogP contribution in [0.1, 0.15) is 31.4 Å². The molecule has 6 heteroatoms. The maximum atomic E-state index is 11.1. The van der Waals surface area contributed by atoms with Gasteiger partial charge in [-0.05, 0) is 50.1 Å². The molecule has 1 atom stereocenters. The summed E-state index contributed by atoms with van der Waals surface area (Å²) in [6, 6.07) is 15.9. The summed E-state index contributed by atoms with van der Waals surface area (Å²) in [7, 11) is -4.25. The Morgan fingerprint density at radius 3 is 2.56 bits per heavy atom. The summed E-state index contributed by atoms with van der Waals surface area (Å²) in [6.45, 7) is 4.68. The summed E-state index contributed by atoms with van der Waals surface area (Å²) < 4.78 is 39.9. The van der Waals surface area contributed by atoms with Crippen molar-refractivity contribution in [3.63, 3.8) is 0 Å². The normalized spacial score (nSPS) is 22.4. The zero-order valence-corrected chi connectivity index (χ0v) is 16.2. The Balaban J connectivity index is 1.79. The molecule has 0 bridgehead atoms. The van der Waals surface area contributed by atoms with E-state index in [1.165, 1.54) is 0 Å². The minimum Gasteiger partial charge on any atom is -0.748 e. The molecular formula is C21H22NO4S-. The van der Waals surface area contributed by atoms with Gasteiger partial charge in [0, 0.05) is 23.5 Å². The number of para-hydroxylation sites is 2. The lowest BCUT2D eigenvalue weighted by Crippen LogP contribution is -2.59. The molecule has 0 N–H and O–H groups in total. The molecule has 0 saturated carbocycles. The van der Waals surface area contributed by atoms with Crippen molar-refractivity contribution < 1.29 is 17.7 Å². The van der Waals surface area contributed by atoms with Gasteiger partial charge in [0.05, 0.1) is 15.5 Å². The van der Waals surface area contributed by atoms with Crippen LogP contribution in [-0.4, -0.2) is 31.0 Å². The molecule has 0 aliphatic carbocycles. The minimum atomic E-state index is -4.25. The second kappa shape index (κ2) is 6.11. The van der Waals surface area contributed by atoms with Gasteiger partial charge in [0.15, 0.2) is 0 Å². The monoisotopic (exact) mass is 384 g/mol. The Morgan fingerprint density at radius 1 is 1.07 bits per heavy atom. The largest absolute Gasteiger partial charge is 0.748 e. The number of rotatable bonds is 4. The van der Waals surface area contributed by atoms with Crippen molar-refractivity contribution in [1.29, 1.82) is 0 Å². The minimum absolute atomic E-state index is 0.247. The molecule has 4 rings (SSSR count). The molecule has 0 radical (unpaired) electrons. The fraction of sp³-hybridized carbons (Fsp3) is 0.333. The zero-order chi connectivity index (χ0) is 19.3. The van der Waals surface area contributed by atoms with Crippen LogP contribution in [0.5, 0.6) is 5.75 Å². The first-order chi connectivity index (χ1) is 12.7. The maximum absolute atomic E-state index is 11.1. The fourth-order valence-corrected chi connectivity index (χ4v) is 4.71. The predicted molar refractivity (Wildman–Crippen MR) is 105 cm³/mol. The average molecular weight is 384 g/mol. The van der Waals surface area contributed by atoms with Crippen LogP contribution in [0.3, 0.4) is 0 Å². The molecule has 2 aliphatic heterocycles. The lowest BCUT2D eigenvalue weighted by atomic mass is 9.76. The van der Waals surface area contributed by atoms with Crippen LogP contribution in [-0.2, 0) is 15.5 Å². The van der Waals surface area contributed by atoms with E-state index in [1.54, 1.807) is 0 Å². The first-order valence-corrected chi connectivity index (χ1v) is 10.6. The number of hydrogen-bond acceptors (Lipinski definition) is 5. The Morgan fingerprint density at radius 2 is 1.78 bits per heavy atom. The second-order valence-corrected chi connectivity index (χ2v) is 9.10. The van der Waals surface area contributed by atoms with Gasteiger partial charge in [-0.25, -0.2) is 8.42 Å². The van der Waals surface area contributed by atoms with Crippen LogP contribution in [0.15, 0.2) is 54.6 Å². The summed E-state index contributed by atoms with van der Waals surface area (Å²) in [4.78, 5) is 2.10. The van der Waals surface area contributed by atoms with Gasteiger partial charge in [-0.15, -0.1) is 0 Å². The highest BCUT2D eigenvalue weighted by Crippen LogP contribution is 2.54. The van der Waals surface area contributed by atoms with Gasteiger partial charge in [0.1, 0.15) is 5.75 Å². The molecule has 2 aliphatic rings. The van der Waals surface area contributed by atoms with Gasteiger partial charge in [-0.2, -0.15) is 0 Å². The SMILES string of the molecule is CC1(C)c2ccccc2N(CCCS(=O)(=O)[O-])C12C=Cc1ccccc1O2. The van der Waals surface area contributed by atoms with E-state index in [0.717, 1.165) is 22.6 Å². The van der Waals surface area contributed by atoms with Gasteiger partial charge < -0.3 is 14.2 Å². The van der Waals surface area contributed by atoms with Crippen molar-refractivity contribution in [1.82, 2.24) is 0 Å². The van der Waals surface area contributed by atoms with E-state index in [4.69, 9.17) is 4.74 Å². The van der Waals surface area contributed by atoms with Crippen molar-refractivity contribution in [2.45, 2.75) is 31.4 Å². The standard InChI is InChI=1S/C21H23NO4S/c1-20(2)17-9-4-5-10-18(17)22(14-7-15-27(23,24)25)21(20)13-12-16-8-3-6-11-19(16)26-21/h3-6,8-13H,7,14-15H2,1-2H3,(H,23,24,25)/p-1. The molecular weight excluding hydrogens is 362 g/mol. The molecule has 2 aromatic carbocycles. The Labute approximate surface area is 160 Å². The van der Waals surface area contributed by atoms with E-state index < -0.39 is 15.8 Å². The molecule has 0 aromatic heterocycles. The fourth-order valence-electron chi connectivity index (χ4n) is 4.23. The van der Waals surface area contributed by atoms with E-state index in [9.17, 15) is 13.0 Å². The van der Waals surface area contributed by atoms with Crippen LogP contribution in [0, 0.1) is 0 Å². The lowest BCUT2D eigenvalue weighted by Gasteiger charge is -2.47. The summed E-state index contributed by atoms with van der Waals surface area (Å²) in [6.07, 6.45) is 4.36. The Bertz CT molecular complexity index is 1010. The molecule has 0 saturated heterocycles. The van der Waals surface area contributed by atoms with Crippen LogP contribution in [0.2, 0.25) is 0 Å². The number of fused-ring (bicyclic) bond motifs is 2. The van der Waals surface area contributed by atoms with Crippen LogP contribution in [0.25, 0.3) is 6.08 Å². The number of hydrogen-bond donors (Lipinski definition) is 0. The predicted octanol–water partition coefficient (Wildman–Crippen LogP) is 3.52. The molecule has 1 spiro atoms. The molecule has 2 heterocycles. The van der Waals surface area contributed by atoms with Gasteiger partial charge in [0.25, 0.3) is 0 Å². The van der Waals surface area contributed by atoms with Gasteiger partial charge in [-0.3, -0.25) is 0 Å². The third kappa shape index (κ3) is 2.84. The number of ether oxygens (including phenoxy) is 1. The smallest absolute Gasteiger partial charge is 0.212 e. The molecule has 2 aromatic rings. The summed E-state index contributed by atoms with van der Waals surface area (Å²) in [5.74, 6) is 0.407. The van der Waals surface area contributed by atoms with Crippen molar-refractivity contribution >= 4 is 21.9 Å². The van der Waals surface area contributed by atoms with E-state index >= 15 is 0 Å². The average Bonchev–Trinajstić information content (AvgIpc) is 2.80. The van der Waals surface area contributed by atoms with E-state index in [-0.39, 0.29) is 17.6 Å². The molecule has 142 valence electrons. The quantitative estimate of drug-likeness (QED) is 0.755. The number of nitrogens with zero attached hydrogens (tertiary/aromatic N) is 1. The Kier molecular flexibility index (Phi) is 4.09. The molecule has 0 amide bonds. The van der Waals surface area contributed by atoms with Gasteiger partial charge in [-0.1, -0.05) is 36.4 Å². The van der Waals surface area contributed by atoms with E-state index in [2.05, 4.69) is 37.0 Å². The molecule has 5 nitrogen and oxygen atoms in total. The molecule has 27 heavy (non-hydrogen) atoms. The van der Waals surface area contributed by atoms with Crippen molar-refractivity contribution in [2.75, 3.05) is 17.2 Å². The van der Waals surface area contributed by atoms with Crippen LogP contribution >= 0.6 is 0 Å². The number of benzene rings is 2. The van der Waals surface area contributed by atoms with Crippen molar-refractivity contribution in [3.8, 4) is 5.75 Å². The van der Waals surface area contributed by atoms with Crippen LogP contribution < -0.4 is 9.64 Å². The highest BCUT2D eigenvalue weighted by Gasteiger charge is 2.58. The summed E-state index contributed by atoms with van der Waals surface area (Å²) in [5.41, 5.74) is 2.01. The number of anilines is 1. The third-order valence-corrected chi connectivity index (χ3v) is 6.40. The topological polar surface area (TPSA) is 69.7 Å². The molecule has 0 fully saturated rings. The molecule has 1 unspecified atom stereocenters. The first-order valence-electron chi connectivity index (χ1n) is 9.03. The maximum Gasteiger partial charge on any atom is 0.212 e. The van der Waals surface area contributed by atoms with E-state index in [0.29, 0.717) is 6.54 Å². The van der Waals surface area contributed by atoms with Crippen molar-refractivity contribution in [3.05, 3.63) is 65.7 Å². The second-order valence-electron chi connectivity index (χ2n) is 7.58. The van der Waals surface area contributed by atoms with E-state index in [1.807, 2.05) is 42.5 Å². The summed E-state index contributed by atoms with van der Waals surface area (Å²) in [5, 5.41) is 0. The van der Waals surface area contributed by atoms with Gasteiger partial charge >= 0.3 is 0 Å². The highest BCUT2D eigenvalue weighted by molar-refractivity contribution is 7.85. The first kappa shape index (κ1) is 18.1. The zero-order valence-electron chi connectivity index (χ0n) is 15.4. The lowest BCUT2D eigenvalue weighted by molar-refractivity contribution is 0.0535. The van der Waals surface area contributed by atoms with Crippen LogP contribution in [0.4, 0.5) is 5.69 Å².